The normalized spacial score (nSPS) is 11.7. The summed E-state index contributed by atoms with van der Waals surface area (Å²) in [6.07, 6.45) is 3.27. The molecular weight excluding hydrogens is 480 g/mol. The molecule has 2 heterocycles. The lowest BCUT2D eigenvalue weighted by Crippen LogP contribution is -2.46. The van der Waals surface area contributed by atoms with E-state index in [-0.39, 0.29) is 17.4 Å². The van der Waals surface area contributed by atoms with Crippen molar-refractivity contribution in [1.82, 2.24) is 29.5 Å². The van der Waals surface area contributed by atoms with Crippen molar-refractivity contribution in [2.24, 2.45) is 0 Å². The summed E-state index contributed by atoms with van der Waals surface area (Å²) in [6.45, 7) is 17.2. The van der Waals surface area contributed by atoms with Crippen molar-refractivity contribution in [3.8, 4) is 11.1 Å². The van der Waals surface area contributed by atoms with Crippen molar-refractivity contribution >= 4 is 39.3 Å². The Balaban J connectivity index is 1.65. The molecule has 0 unspecified atom stereocenters. The van der Waals surface area contributed by atoms with Gasteiger partial charge in [-0.25, -0.2) is 4.98 Å². The Hall–Kier alpha value is -4.53. The maximum atomic E-state index is 13.4. The number of amides is 2. The predicted octanol–water partition coefficient (Wildman–Crippen LogP) is 4.35. The van der Waals surface area contributed by atoms with Gasteiger partial charge in [0.25, 0.3) is 17.4 Å². The van der Waals surface area contributed by atoms with E-state index in [1.165, 1.54) is 11.2 Å². The zero-order valence-electron chi connectivity index (χ0n) is 22.6. The Labute approximate surface area is 221 Å². The van der Waals surface area contributed by atoms with E-state index in [0.717, 1.165) is 26.6 Å². The van der Waals surface area contributed by atoms with Gasteiger partial charge in [0.2, 0.25) is 0 Å². The van der Waals surface area contributed by atoms with Crippen molar-refractivity contribution in [3.05, 3.63) is 78.1 Å². The average Bonchev–Trinajstić information content (AvgIpc) is 3.30. The molecule has 2 aromatic carbocycles. The summed E-state index contributed by atoms with van der Waals surface area (Å²) in [5.41, 5.74) is 1.86. The highest BCUT2D eigenvalue weighted by Gasteiger charge is 2.26. The minimum atomic E-state index is -0.724. The van der Waals surface area contributed by atoms with Crippen LogP contribution in [0.5, 0.6) is 0 Å². The van der Waals surface area contributed by atoms with Crippen LogP contribution in [0.25, 0.3) is 38.6 Å². The van der Waals surface area contributed by atoms with Crippen molar-refractivity contribution in [1.29, 1.82) is 0 Å². The van der Waals surface area contributed by atoms with Gasteiger partial charge >= 0.3 is 0 Å². The molecule has 38 heavy (non-hydrogen) atoms. The van der Waals surface area contributed by atoms with Gasteiger partial charge in [0, 0.05) is 35.8 Å². The quantitative estimate of drug-likeness (QED) is 0.387. The third-order valence-electron chi connectivity index (χ3n) is 6.54. The first-order valence-electron chi connectivity index (χ1n) is 12.3. The summed E-state index contributed by atoms with van der Waals surface area (Å²) in [5.74, 6) is -1.17. The molecule has 2 amide bonds. The molecule has 4 rings (SSSR count). The van der Waals surface area contributed by atoms with Crippen molar-refractivity contribution < 1.29 is 9.59 Å². The minimum Gasteiger partial charge on any atom is -0.336 e. The summed E-state index contributed by atoms with van der Waals surface area (Å²) < 4.78 is 2.98. The number of nitrogens with one attached hydrogen (secondary N) is 1. The van der Waals surface area contributed by atoms with Gasteiger partial charge in [0.1, 0.15) is 12.0 Å². The van der Waals surface area contributed by atoms with Gasteiger partial charge in [-0.15, -0.1) is 0 Å². The van der Waals surface area contributed by atoms with Gasteiger partial charge in [0.05, 0.1) is 22.1 Å². The maximum absolute atomic E-state index is 13.4. The van der Waals surface area contributed by atoms with Crippen LogP contribution in [0.15, 0.2) is 72.6 Å². The molecule has 0 aliphatic rings. The summed E-state index contributed by atoms with van der Waals surface area (Å²) >= 11 is 0. The van der Waals surface area contributed by atoms with Gasteiger partial charge in [-0.1, -0.05) is 31.4 Å². The molecule has 0 aliphatic carbocycles. The third-order valence-corrected chi connectivity index (χ3v) is 6.54. The minimum absolute atomic E-state index is 0.117. The van der Waals surface area contributed by atoms with E-state index < -0.39 is 22.9 Å². The van der Waals surface area contributed by atoms with Crippen molar-refractivity contribution in [3.63, 3.8) is 0 Å². The Morgan fingerprint density at radius 3 is 2.47 bits per heavy atom. The smallest absolute Gasteiger partial charge is 0.272 e. The molecule has 4 aromatic rings. The number of carbonyl (C=O) groups is 2. The molecule has 0 aliphatic heterocycles. The molecule has 0 radical (unpaired) electrons. The number of rotatable bonds is 6. The Morgan fingerprint density at radius 2 is 1.82 bits per heavy atom. The van der Waals surface area contributed by atoms with Gasteiger partial charge in [-0.2, -0.15) is 5.10 Å². The number of hydrogen-bond acceptors (Lipinski definition) is 5. The third kappa shape index (κ3) is 4.87. The monoisotopic (exact) mass is 512 g/mol. The number of likely N-dealkylation sites (N-methyl/N-ethyl adjacent to an activating group) is 1. The lowest BCUT2D eigenvalue weighted by molar-refractivity contribution is -0.131. The van der Waals surface area contributed by atoms with Gasteiger partial charge in [0.15, 0.2) is 0 Å². The molecule has 1 N–H and O–H groups in total. The number of nitrogens with zero attached hydrogens (tertiary/aromatic N) is 5. The van der Waals surface area contributed by atoms with Crippen molar-refractivity contribution in [2.45, 2.75) is 46.2 Å². The Morgan fingerprint density at radius 1 is 1.11 bits per heavy atom. The van der Waals surface area contributed by atoms with Crippen LogP contribution in [0, 0.1) is 0 Å². The summed E-state index contributed by atoms with van der Waals surface area (Å²) in [6, 6.07) is 11.5. The lowest BCUT2D eigenvalue weighted by Gasteiger charge is -2.32. The van der Waals surface area contributed by atoms with Crippen LogP contribution in [-0.4, -0.2) is 48.6 Å². The number of para-hydroxylation sites is 1. The molecule has 2 aromatic heterocycles. The van der Waals surface area contributed by atoms with E-state index in [2.05, 4.69) is 42.4 Å². The molecule has 196 valence electrons. The van der Waals surface area contributed by atoms with E-state index in [0.29, 0.717) is 10.9 Å². The number of benzene rings is 2. The number of carbonyl (C=O) groups excluding carboxylic acids is 2. The fourth-order valence-electron chi connectivity index (χ4n) is 3.93. The zero-order chi connectivity index (χ0) is 27.9. The molecular formula is C29H32N6O3. The number of hydrogen-bond donors (Lipinski definition) is 1. The zero-order valence-corrected chi connectivity index (χ0v) is 22.6. The topological polar surface area (TPSA) is 102 Å². The number of fused-ring (bicyclic) bond motifs is 2. The van der Waals surface area contributed by atoms with E-state index in [4.69, 9.17) is 0 Å². The van der Waals surface area contributed by atoms with Gasteiger partial charge < -0.3 is 10.2 Å². The molecule has 0 saturated heterocycles. The first-order chi connectivity index (χ1) is 17.8. The highest BCUT2D eigenvalue weighted by atomic mass is 16.2. The molecule has 0 saturated carbocycles. The predicted molar refractivity (Wildman–Crippen MR) is 150 cm³/mol. The summed E-state index contributed by atoms with van der Waals surface area (Å²) in [7, 11) is 1.62. The molecule has 0 atom stereocenters. The van der Waals surface area contributed by atoms with E-state index >= 15 is 0 Å². The highest BCUT2D eigenvalue weighted by Crippen LogP contribution is 2.29. The van der Waals surface area contributed by atoms with Crippen LogP contribution in [0.1, 0.15) is 40.7 Å². The average molecular weight is 513 g/mol. The second kappa shape index (κ2) is 9.74. The van der Waals surface area contributed by atoms with Gasteiger partial charge in [-0.3, -0.25) is 23.6 Å². The lowest BCUT2D eigenvalue weighted by atomic mass is 10.0. The van der Waals surface area contributed by atoms with Crippen LogP contribution in [0.2, 0.25) is 0 Å². The van der Waals surface area contributed by atoms with E-state index in [1.807, 2.05) is 55.9 Å². The van der Waals surface area contributed by atoms with E-state index in [1.54, 1.807) is 19.2 Å². The molecule has 9 nitrogen and oxygen atoms in total. The molecule has 0 bridgehead atoms. The second-order valence-corrected chi connectivity index (χ2v) is 10.5. The van der Waals surface area contributed by atoms with Crippen LogP contribution >= 0.6 is 0 Å². The number of aromatic nitrogens is 4. The first-order valence-corrected chi connectivity index (χ1v) is 12.3. The van der Waals surface area contributed by atoms with Gasteiger partial charge in [-0.05, 0) is 58.4 Å². The molecule has 0 fully saturated rings. The SMILES string of the molecule is C=C(NC(=O)C(=C)n1cnc2c(-c3ccc4nn(C(C)C)cc4c3)cccc2c1=O)C(=O)N(C)C(C)(C)C. The fourth-order valence-corrected chi connectivity index (χ4v) is 3.93. The van der Waals surface area contributed by atoms with E-state index in [9.17, 15) is 14.4 Å². The van der Waals surface area contributed by atoms with Crippen LogP contribution in [0.3, 0.4) is 0 Å². The largest absolute Gasteiger partial charge is 0.336 e. The Kier molecular flexibility index (Phi) is 6.80. The second-order valence-electron chi connectivity index (χ2n) is 10.5. The maximum Gasteiger partial charge on any atom is 0.272 e. The van der Waals surface area contributed by atoms with Crippen LogP contribution in [-0.2, 0) is 9.59 Å². The highest BCUT2D eigenvalue weighted by molar-refractivity contribution is 6.15. The van der Waals surface area contributed by atoms with Crippen LogP contribution < -0.4 is 10.9 Å². The Bertz CT molecular complexity index is 1670. The fraction of sp³-hybridized carbons (Fsp3) is 0.276. The molecule has 9 heteroatoms. The summed E-state index contributed by atoms with van der Waals surface area (Å²) in [5, 5.41) is 8.36. The van der Waals surface area contributed by atoms with Crippen molar-refractivity contribution in [2.75, 3.05) is 7.05 Å². The molecule has 0 spiro atoms. The first kappa shape index (κ1) is 26.5. The standard InChI is InChI=1S/C29H32N6O3/c1-17(2)35-15-21-14-20(12-13-24(21)32-35)22-10-9-11-23-25(22)30-16-34(28(23)38)19(4)26(36)31-18(3)27(37)33(8)29(5,6)7/h9-17H,3-4H2,1-2,5-8H3,(H,31,36). The van der Waals surface area contributed by atoms with Crippen LogP contribution in [0.4, 0.5) is 0 Å². The summed E-state index contributed by atoms with van der Waals surface area (Å²) in [4.78, 5) is 44.8.